The number of benzene rings is 1. The van der Waals surface area contributed by atoms with Crippen molar-refractivity contribution in [3.05, 3.63) is 41.7 Å². The third-order valence-corrected chi connectivity index (χ3v) is 3.69. The number of rotatable bonds is 3. The molecule has 1 unspecified atom stereocenters. The molecule has 0 aliphatic carbocycles. The van der Waals surface area contributed by atoms with Crippen molar-refractivity contribution in [2.24, 2.45) is 7.05 Å². The molecule has 0 spiro atoms. The first-order valence-electron chi connectivity index (χ1n) is 7.14. The second-order valence-electron chi connectivity index (χ2n) is 6.45. The molecule has 3 heteroatoms. The number of nitrogens with one attached hydrogen (secondary N) is 1. The first kappa shape index (κ1) is 14.8. The second kappa shape index (κ2) is 5.41. The van der Waals surface area contributed by atoms with Gasteiger partial charge in [-0.15, -0.1) is 0 Å². The third-order valence-electron chi connectivity index (χ3n) is 3.69. The van der Waals surface area contributed by atoms with Gasteiger partial charge in [0.05, 0.1) is 5.69 Å². The number of nitrogens with zero attached hydrogens (tertiary/aromatic N) is 2. The van der Waals surface area contributed by atoms with Crippen LogP contribution in [0.4, 0.5) is 0 Å². The van der Waals surface area contributed by atoms with E-state index in [-0.39, 0.29) is 5.41 Å². The lowest BCUT2D eigenvalue weighted by Crippen LogP contribution is -2.14. The van der Waals surface area contributed by atoms with Crippen LogP contribution in [0.25, 0.3) is 11.1 Å². The molecule has 108 valence electrons. The van der Waals surface area contributed by atoms with Crippen molar-refractivity contribution in [1.29, 1.82) is 0 Å². The fourth-order valence-corrected chi connectivity index (χ4v) is 2.37. The zero-order valence-electron chi connectivity index (χ0n) is 13.4. The summed E-state index contributed by atoms with van der Waals surface area (Å²) in [4.78, 5) is 0. The van der Waals surface area contributed by atoms with Crippen LogP contribution in [-0.4, -0.2) is 16.8 Å². The van der Waals surface area contributed by atoms with Gasteiger partial charge in [-0.2, -0.15) is 5.10 Å². The SMILES string of the molecule is CNC(C)c1ccc(-c2cn(C)nc2C(C)(C)C)cc1. The average Bonchev–Trinajstić information content (AvgIpc) is 2.80. The minimum absolute atomic E-state index is 0.0491. The summed E-state index contributed by atoms with van der Waals surface area (Å²) in [7, 11) is 3.97. The Morgan fingerprint density at radius 1 is 1.15 bits per heavy atom. The van der Waals surface area contributed by atoms with E-state index in [9.17, 15) is 0 Å². The van der Waals surface area contributed by atoms with E-state index in [0.717, 1.165) is 5.69 Å². The smallest absolute Gasteiger partial charge is 0.0756 e. The molecular weight excluding hydrogens is 246 g/mol. The summed E-state index contributed by atoms with van der Waals surface area (Å²) >= 11 is 0. The lowest BCUT2D eigenvalue weighted by molar-refractivity contribution is 0.554. The van der Waals surface area contributed by atoms with Gasteiger partial charge in [0.2, 0.25) is 0 Å². The molecule has 3 nitrogen and oxygen atoms in total. The zero-order valence-corrected chi connectivity index (χ0v) is 13.4. The summed E-state index contributed by atoms with van der Waals surface area (Å²) in [6, 6.07) is 9.14. The Labute approximate surface area is 122 Å². The van der Waals surface area contributed by atoms with Crippen LogP contribution in [0.1, 0.15) is 45.0 Å². The molecule has 0 amide bonds. The summed E-state index contributed by atoms with van der Waals surface area (Å²) in [5.74, 6) is 0. The lowest BCUT2D eigenvalue weighted by atomic mass is 9.87. The van der Waals surface area contributed by atoms with Crippen molar-refractivity contribution in [2.75, 3.05) is 7.05 Å². The van der Waals surface area contributed by atoms with Gasteiger partial charge in [-0.05, 0) is 25.1 Å². The third kappa shape index (κ3) is 2.93. The Bertz CT molecular complexity index is 573. The molecular formula is C17H25N3. The highest BCUT2D eigenvalue weighted by Crippen LogP contribution is 2.32. The van der Waals surface area contributed by atoms with E-state index in [4.69, 9.17) is 0 Å². The average molecular weight is 271 g/mol. The van der Waals surface area contributed by atoms with Gasteiger partial charge in [0.15, 0.2) is 0 Å². The number of aryl methyl sites for hydroxylation is 1. The number of hydrogen-bond acceptors (Lipinski definition) is 2. The molecule has 0 fully saturated rings. The van der Waals surface area contributed by atoms with Crippen LogP contribution in [0, 0.1) is 0 Å². The van der Waals surface area contributed by atoms with E-state index in [1.807, 2.05) is 18.8 Å². The normalized spacial score (nSPS) is 13.5. The Kier molecular flexibility index (Phi) is 4.00. The van der Waals surface area contributed by atoms with Crippen LogP contribution in [0.15, 0.2) is 30.5 Å². The Hall–Kier alpha value is -1.61. The van der Waals surface area contributed by atoms with Crippen LogP contribution < -0.4 is 5.32 Å². The van der Waals surface area contributed by atoms with Crippen LogP contribution in [0.5, 0.6) is 0 Å². The van der Waals surface area contributed by atoms with Crippen molar-refractivity contribution < 1.29 is 0 Å². The van der Waals surface area contributed by atoms with Gasteiger partial charge in [-0.1, -0.05) is 45.0 Å². The summed E-state index contributed by atoms with van der Waals surface area (Å²) in [5, 5.41) is 7.90. The van der Waals surface area contributed by atoms with E-state index in [1.54, 1.807) is 0 Å². The first-order valence-corrected chi connectivity index (χ1v) is 7.14. The van der Waals surface area contributed by atoms with Crippen molar-refractivity contribution in [2.45, 2.75) is 39.2 Å². The Morgan fingerprint density at radius 2 is 1.75 bits per heavy atom. The minimum atomic E-state index is 0.0491. The standard InChI is InChI=1S/C17H25N3/c1-12(18-5)13-7-9-14(10-8-13)15-11-20(6)19-16(15)17(2,3)4/h7-12,18H,1-6H3. The Balaban J connectivity index is 2.42. The molecule has 1 heterocycles. The maximum Gasteiger partial charge on any atom is 0.0756 e. The van der Waals surface area contributed by atoms with Crippen LogP contribution in [0.2, 0.25) is 0 Å². The summed E-state index contributed by atoms with van der Waals surface area (Å²) in [6.07, 6.45) is 2.11. The van der Waals surface area contributed by atoms with Crippen molar-refractivity contribution >= 4 is 0 Å². The van der Waals surface area contributed by atoms with Gasteiger partial charge < -0.3 is 5.32 Å². The highest BCUT2D eigenvalue weighted by molar-refractivity contribution is 5.66. The molecule has 20 heavy (non-hydrogen) atoms. The van der Waals surface area contributed by atoms with E-state index in [1.165, 1.54) is 16.7 Å². The van der Waals surface area contributed by atoms with Crippen LogP contribution in [-0.2, 0) is 12.5 Å². The monoisotopic (exact) mass is 271 g/mol. The molecule has 0 saturated heterocycles. The minimum Gasteiger partial charge on any atom is -0.313 e. The fraction of sp³-hybridized carbons (Fsp3) is 0.471. The van der Waals surface area contributed by atoms with E-state index < -0.39 is 0 Å². The first-order chi connectivity index (χ1) is 9.32. The zero-order chi connectivity index (χ0) is 14.9. The van der Waals surface area contributed by atoms with Crippen molar-refractivity contribution in [3.8, 4) is 11.1 Å². The Morgan fingerprint density at radius 3 is 2.25 bits per heavy atom. The fourth-order valence-electron chi connectivity index (χ4n) is 2.37. The molecule has 2 aromatic rings. The van der Waals surface area contributed by atoms with Gasteiger partial charge in [0.25, 0.3) is 0 Å². The molecule has 1 N–H and O–H groups in total. The molecule has 0 saturated carbocycles. The molecule has 0 radical (unpaired) electrons. The predicted octanol–water partition coefficient (Wildman–Crippen LogP) is 3.67. The van der Waals surface area contributed by atoms with Crippen LogP contribution in [0.3, 0.4) is 0 Å². The highest BCUT2D eigenvalue weighted by atomic mass is 15.3. The summed E-state index contributed by atoms with van der Waals surface area (Å²) in [5.41, 5.74) is 4.96. The topological polar surface area (TPSA) is 29.9 Å². The number of hydrogen-bond donors (Lipinski definition) is 1. The van der Waals surface area contributed by atoms with Gasteiger partial charge in [0, 0.05) is 30.3 Å². The predicted molar refractivity (Wildman–Crippen MR) is 84.8 cm³/mol. The molecule has 1 aromatic carbocycles. The molecule has 1 aromatic heterocycles. The van der Waals surface area contributed by atoms with Gasteiger partial charge in [-0.3, -0.25) is 4.68 Å². The molecule has 0 aliphatic rings. The molecule has 1 atom stereocenters. The van der Waals surface area contributed by atoms with Crippen LogP contribution >= 0.6 is 0 Å². The summed E-state index contributed by atoms with van der Waals surface area (Å²) in [6.45, 7) is 8.78. The van der Waals surface area contributed by atoms with Gasteiger partial charge in [-0.25, -0.2) is 0 Å². The van der Waals surface area contributed by atoms with Gasteiger partial charge >= 0.3 is 0 Å². The van der Waals surface area contributed by atoms with E-state index >= 15 is 0 Å². The number of aromatic nitrogens is 2. The van der Waals surface area contributed by atoms with E-state index in [0.29, 0.717) is 6.04 Å². The maximum absolute atomic E-state index is 4.64. The van der Waals surface area contributed by atoms with Gasteiger partial charge in [0.1, 0.15) is 0 Å². The van der Waals surface area contributed by atoms with Crippen molar-refractivity contribution in [3.63, 3.8) is 0 Å². The molecule has 0 aliphatic heterocycles. The summed E-state index contributed by atoms with van der Waals surface area (Å²) < 4.78 is 1.90. The molecule has 2 rings (SSSR count). The molecule has 0 bridgehead atoms. The quantitative estimate of drug-likeness (QED) is 0.923. The largest absolute Gasteiger partial charge is 0.313 e. The maximum atomic E-state index is 4.64. The lowest BCUT2D eigenvalue weighted by Gasteiger charge is -2.18. The highest BCUT2D eigenvalue weighted by Gasteiger charge is 2.22. The second-order valence-corrected chi connectivity index (χ2v) is 6.45. The van der Waals surface area contributed by atoms with Crippen molar-refractivity contribution in [1.82, 2.24) is 15.1 Å². The van der Waals surface area contributed by atoms with E-state index in [2.05, 4.69) is 68.6 Å².